The van der Waals surface area contributed by atoms with Crippen LogP contribution in [0.25, 0.3) is 4.85 Å². The third kappa shape index (κ3) is 3.02. The molecule has 0 saturated carbocycles. The molecule has 0 amide bonds. The Labute approximate surface area is 93.4 Å². The number of rotatable bonds is 2. The number of anilines is 1. The third-order valence-corrected chi connectivity index (χ3v) is 2.03. The largest absolute Gasteiger partial charge is 0.355 e. The molecule has 1 rings (SSSR count). The van der Waals surface area contributed by atoms with Crippen LogP contribution in [0.5, 0.6) is 0 Å². The SMILES string of the molecule is [C-]#[N+]/C=C(\C#N)Nc1cc(C)ccc1Cl. The van der Waals surface area contributed by atoms with Gasteiger partial charge in [-0.2, -0.15) is 5.26 Å². The summed E-state index contributed by atoms with van der Waals surface area (Å²) in [7, 11) is 0. The quantitative estimate of drug-likeness (QED) is 0.610. The van der Waals surface area contributed by atoms with E-state index in [-0.39, 0.29) is 5.70 Å². The van der Waals surface area contributed by atoms with Crippen LogP contribution in [0.2, 0.25) is 5.02 Å². The smallest absolute Gasteiger partial charge is 0.187 e. The summed E-state index contributed by atoms with van der Waals surface area (Å²) in [5.41, 5.74) is 1.84. The summed E-state index contributed by atoms with van der Waals surface area (Å²) in [5.74, 6) is 0. The molecule has 0 heterocycles. The predicted molar refractivity (Wildman–Crippen MR) is 60.1 cm³/mol. The Bertz CT molecular complexity index is 478. The van der Waals surface area contributed by atoms with Gasteiger partial charge in [0.15, 0.2) is 6.20 Å². The number of aryl methyl sites for hydroxylation is 1. The first-order valence-corrected chi connectivity index (χ1v) is 4.55. The Balaban J connectivity index is 3.00. The summed E-state index contributed by atoms with van der Waals surface area (Å²) in [5, 5.41) is 12.0. The zero-order valence-corrected chi connectivity index (χ0v) is 8.84. The fraction of sp³-hybridized carbons (Fsp3) is 0.0909. The van der Waals surface area contributed by atoms with Crippen LogP contribution in [-0.4, -0.2) is 0 Å². The van der Waals surface area contributed by atoms with Crippen LogP contribution >= 0.6 is 11.6 Å². The Hall–Kier alpha value is -1.97. The van der Waals surface area contributed by atoms with Crippen molar-refractivity contribution in [1.82, 2.24) is 0 Å². The van der Waals surface area contributed by atoms with E-state index in [1.54, 1.807) is 6.07 Å². The maximum Gasteiger partial charge on any atom is 0.187 e. The van der Waals surface area contributed by atoms with Crippen LogP contribution in [0, 0.1) is 24.8 Å². The van der Waals surface area contributed by atoms with Gasteiger partial charge in [-0.15, -0.1) is 0 Å². The Kier molecular flexibility index (Phi) is 3.74. The maximum absolute atomic E-state index is 8.71. The van der Waals surface area contributed by atoms with Crippen molar-refractivity contribution in [1.29, 1.82) is 5.26 Å². The fourth-order valence-corrected chi connectivity index (χ4v) is 1.20. The van der Waals surface area contributed by atoms with Crippen LogP contribution in [0.15, 0.2) is 30.1 Å². The lowest BCUT2D eigenvalue weighted by Gasteiger charge is -2.07. The van der Waals surface area contributed by atoms with E-state index < -0.39 is 0 Å². The van der Waals surface area contributed by atoms with Gasteiger partial charge in [-0.1, -0.05) is 17.7 Å². The van der Waals surface area contributed by atoms with Crippen molar-refractivity contribution in [3.63, 3.8) is 0 Å². The lowest BCUT2D eigenvalue weighted by molar-refractivity contribution is 1.40. The van der Waals surface area contributed by atoms with Gasteiger partial charge in [0, 0.05) is 0 Å². The molecule has 1 N–H and O–H groups in total. The van der Waals surface area contributed by atoms with Gasteiger partial charge < -0.3 is 5.32 Å². The van der Waals surface area contributed by atoms with Gasteiger partial charge in [0.05, 0.1) is 17.3 Å². The summed E-state index contributed by atoms with van der Waals surface area (Å²) in [6.07, 6.45) is 1.12. The average Bonchev–Trinajstić information content (AvgIpc) is 2.22. The highest BCUT2D eigenvalue weighted by Gasteiger charge is 2.01. The molecule has 0 aliphatic carbocycles. The highest BCUT2D eigenvalue weighted by atomic mass is 35.5. The monoisotopic (exact) mass is 217 g/mol. The highest BCUT2D eigenvalue weighted by Crippen LogP contribution is 2.23. The summed E-state index contributed by atoms with van der Waals surface area (Å²) >= 11 is 5.92. The fourth-order valence-electron chi connectivity index (χ4n) is 1.03. The molecule has 1 aromatic carbocycles. The van der Waals surface area contributed by atoms with E-state index in [2.05, 4.69) is 10.2 Å². The number of halogens is 1. The van der Waals surface area contributed by atoms with Crippen molar-refractivity contribution >= 4 is 17.3 Å². The molecule has 0 aliphatic heterocycles. The molecule has 0 spiro atoms. The minimum Gasteiger partial charge on any atom is -0.355 e. The van der Waals surface area contributed by atoms with Crippen LogP contribution in [-0.2, 0) is 0 Å². The molecule has 4 heteroatoms. The summed E-state index contributed by atoms with van der Waals surface area (Å²) in [6.45, 7) is 8.55. The summed E-state index contributed by atoms with van der Waals surface area (Å²) in [6, 6.07) is 7.31. The predicted octanol–water partition coefficient (Wildman–Crippen LogP) is 3.34. The minimum absolute atomic E-state index is 0.178. The lowest BCUT2D eigenvalue weighted by atomic mass is 10.2. The number of nitrogens with zero attached hydrogens (tertiary/aromatic N) is 2. The van der Waals surface area contributed by atoms with Gasteiger partial charge in [-0.05, 0) is 24.6 Å². The van der Waals surface area contributed by atoms with Crippen LogP contribution in [0.4, 0.5) is 5.69 Å². The van der Waals surface area contributed by atoms with Crippen molar-refractivity contribution in [3.8, 4) is 6.07 Å². The second-order valence-corrected chi connectivity index (χ2v) is 3.30. The molecule has 0 aromatic heterocycles. The first-order valence-electron chi connectivity index (χ1n) is 4.17. The normalized spacial score (nSPS) is 10.3. The number of hydrogen-bond acceptors (Lipinski definition) is 2. The molecule has 15 heavy (non-hydrogen) atoms. The van der Waals surface area contributed by atoms with Crippen LogP contribution in [0.3, 0.4) is 0 Å². The molecule has 3 nitrogen and oxygen atoms in total. The average molecular weight is 218 g/mol. The first kappa shape index (κ1) is 11.1. The molecule has 74 valence electrons. The molecular weight excluding hydrogens is 210 g/mol. The minimum atomic E-state index is 0.178. The standard InChI is InChI=1S/C11H8ClN3/c1-8-3-4-10(12)11(5-8)15-9(6-13)7-14-2/h3-5,7,15H,1H3/b9-7+. The third-order valence-electron chi connectivity index (χ3n) is 1.71. The second kappa shape index (κ2) is 5.05. The van der Waals surface area contributed by atoms with Gasteiger partial charge >= 0.3 is 0 Å². The van der Waals surface area contributed by atoms with Crippen molar-refractivity contribution in [2.75, 3.05) is 5.32 Å². The highest BCUT2D eigenvalue weighted by molar-refractivity contribution is 6.33. The molecule has 0 radical (unpaired) electrons. The number of nitriles is 1. The van der Waals surface area contributed by atoms with E-state index in [0.717, 1.165) is 11.8 Å². The van der Waals surface area contributed by atoms with Gasteiger partial charge in [-0.3, -0.25) is 0 Å². The van der Waals surface area contributed by atoms with E-state index in [0.29, 0.717) is 10.7 Å². The molecule has 0 unspecified atom stereocenters. The van der Waals surface area contributed by atoms with E-state index in [1.165, 1.54) is 0 Å². The Morgan fingerprint density at radius 2 is 2.40 bits per heavy atom. The van der Waals surface area contributed by atoms with Crippen molar-refractivity contribution in [2.24, 2.45) is 0 Å². The molecule has 0 bridgehead atoms. The van der Waals surface area contributed by atoms with Crippen molar-refractivity contribution < 1.29 is 0 Å². The van der Waals surface area contributed by atoms with Crippen LogP contribution in [0.1, 0.15) is 5.56 Å². The second-order valence-electron chi connectivity index (χ2n) is 2.89. The zero-order valence-electron chi connectivity index (χ0n) is 8.08. The Morgan fingerprint density at radius 1 is 1.67 bits per heavy atom. The van der Waals surface area contributed by atoms with Crippen molar-refractivity contribution in [3.05, 3.63) is 52.1 Å². The Morgan fingerprint density at radius 3 is 3.00 bits per heavy atom. The number of benzene rings is 1. The first-order chi connectivity index (χ1) is 7.17. The summed E-state index contributed by atoms with van der Waals surface area (Å²) in [4.78, 5) is 3.01. The van der Waals surface area contributed by atoms with Gasteiger partial charge in [0.1, 0.15) is 11.8 Å². The number of allylic oxidation sites excluding steroid dienone is 1. The number of hydrogen-bond donors (Lipinski definition) is 1. The van der Waals surface area contributed by atoms with E-state index in [9.17, 15) is 0 Å². The van der Waals surface area contributed by atoms with E-state index in [1.807, 2.05) is 25.1 Å². The van der Waals surface area contributed by atoms with Crippen LogP contribution < -0.4 is 5.32 Å². The molecule has 0 saturated heterocycles. The van der Waals surface area contributed by atoms with Crippen molar-refractivity contribution in [2.45, 2.75) is 6.92 Å². The molecule has 0 fully saturated rings. The molecule has 0 aliphatic rings. The maximum atomic E-state index is 8.71. The zero-order chi connectivity index (χ0) is 11.3. The molecule has 1 aromatic rings. The molecule has 0 atom stereocenters. The topological polar surface area (TPSA) is 40.2 Å². The van der Waals surface area contributed by atoms with E-state index >= 15 is 0 Å². The van der Waals surface area contributed by atoms with E-state index in [4.69, 9.17) is 23.4 Å². The number of nitrogens with one attached hydrogen (secondary N) is 1. The summed E-state index contributed by atoms with van der Waals surface area (Å²) < 4.78 is 0. The van der Waals surface area contributed by atoms with Gasteiger partial charge in [0.2, 0.25) is 0 Å². The molecular formula is C11H8ClN3. The van der Waals surface area contributed by atoms with Gasteiger partial charge in [-0.25, -0.2) is 4.85 Å². The van der Waals surface area contributed by atoms with Gasteiger partial charge in [0.25, 0.3) is 0 Å². The lowest BCUT2D eigenvalue weighted by Crippen LogP contribution is -1.97.